The Morgan fingerprint density at radius 1 is 1.33 bits per heavy atom. The third-order valence-electron chi connectivity index (χ3n) is 3.94. The summed E-state index contributed by atoms with van der Waals surface area (Å²) < 4.78 is 0. The number of amides is 1. The predicted octanol–water partition coefficient (Wildman–Crippen LogP) is 1.96. The molecule has 0 bridgehead atoms. The van der Waals surface area contributed by atoms with Gasteiger partial charge in [0, 0.05) is 12.0 Å². The molecule has 0 saturated heterocycles. The first-order chi connectivity index (χ1) is 8.44. The Hall–Kier alpha value is -1.35. The molecule has 1 aliphatic rings. The van der Waals surface area contributed by atoms with Crippen LogP contribution in [0.1, 0.15) is 38.7 Å². The van der Waals surface area contributed by atoms with Crippen molar-refractivity contribution in [3.8, 4) is 0 Å². The fourth-order valence-electron chi connectivity index (χ4n) is 2.25. The lowest BCUT2D eigenvalue weighted by molar-refractivity contribution is -0.129. The molecule has 2 rings (SSSR count). The highest BCUT2D eigenvalue weighted by Crippen LogP contribution is 2.29. The van der Waals surface area contributed by atoms with E-state index in [1.807, 2.05) is 18.2 Å². The van der Waals surface area contributed by atoms with E-state index in [4.69, 9.17) is 5.73 Å². The molecule has 1 amide bonds. The van der Waals surface area contributed by atoms with Crippen LogP contribution in [0.3, 0.4) is 0 Å². The number of nitrogens with one attached hydrogen (secondary N) is 1. The van der Waals surface area contributed by atoms with Crippen molar-refractivity contribution in [2.75, 3.05) is 6.54 Å². The van der Waals surface area contributed by atoms with Crippen molar-refractivity contribution in [2.24, 2.45) is 5.73 Å². The zero-order valence-corrected chi connectivity index (χ0v) is 11.2. The van der Waals surface area contributed by atoms with Crippen LogP contribution in [0.5, 0.6) is 0 Å². The first kappa shape index (κ1) is 13.1. The van der Waals surface area contributed by atoms with Gasteiger partial charge >= 0.3 is 0 Å². The predicted molar refractivity (Wildman–Crippen MR) is 73.2 cm³/mol. The zero-order chi connectivity index (χ0) is 13.2. The van der Waals surface area contributed by atoms with Crippen LogP contribution in [-0.2, 0) is 10.2 Å². The van der Waals surface area contributed by atoms with Crippen LogP contribution in [-0.4, -0.2) is 18.0 Å². The first-order valence-electron chi connectivity index (χ1n) is 6.57. The maximum absolute atomic E-state index is 12.0. The average Bonchev–Trinajstić information content (AvgIpc) is 2.34. The van der Waals surface area contributed by atoms with E-state index < -0.39 is 5.54 Å². The fourth-order valence-corrected chi connectivity index (χ4v) is 2.25. The monoisotopic (exact) mass is 246 g/mol. The number of carbonyl (C=O) groups excluding carboxylic acids is 1. The Kier molecular flexibility index (Phi) is 3.44. The summed E-state index contributed by atoms with van der Waals surface area (Å²) in [6.07, 6.45) is 2.68. The largest absolute Gasteiger partial charge is 0.354 e. The second-order valence-electron chi connectivity index (χ2n) is 5.94. The van der Waals surface area contributed by atoms with Crippen LogP contribution in [0.15, 0.2) is 30.3 Å². The summed E-state index contributed by atoms with van der Waals surface area (Å²) in [5.41, 5.74) is 6.55. The molecule has 0 aliphatic heterocycles. The van der Waals surface area contributed by atoms with E-state index in [2.05, 4.69) is 31.3 Å². The molecular weight excluding hydrogens is 224 g/mol. The highest BCUT2D eigenvalue weighted by Gasteiger charge is 2.40. The Labute approximate surface area is 109 Å². The molecule has 3 nitrogen and oxygen atoms in total. The molecule has 1 fully saturated rings. The lowest BCUT2D eigenvalue weighted by atomic mass is 9.76. The second-order valence-corrected chi connectivity index (χ2v) is 5.94. The van der Waals surface area contributed by atoms with Crippen LogP contribution in [0, 0.1) is 0 Å². The number of nitrogens with two attached hydrogens (primary N) is 1. The number of benzene rings is 1. The van der Waals surface area contributed by atoms with E-state index in [0.717, 1.165) is 19.3 Å². The molecule has 1 aromatic rings. The molecule has 98 valence electrons. The summed E-state index contributed by atoms with van der Waals surface area (Å²) in [5.74, 6) is -0.00208. The quantitative estimate of drug-likeness (QED) is 0.853. The standard InChI is InChI=1S/C15H22N2O/c1-14(2,12-7-4-3-5-8-12)11-17-13(18)15(16)9-6-10-15/h3-5,7-8H,6,9-11,16H2,1-2H3,(H,17,18). The van der Waals surface area contributed by atoms with Crippen molar-refractivity contribution in [1.29, 1.82) is 0 Å². The Bertz CT molecular complexity index is 421. The van der Waals surface area contributed by atoms with Crippen LogP contribution < -0.4 is 11.1 Å². The Morgan fingerprint density at radius 3 is 2.44 bits per heavy atom. The molecule has 0 spiro atoms. The number of hydrogen-bond acceptors (Lipinski definition) is 2. The van der Waals surface area contributed by atoms with E-state index in [0.29, 0.717) is 6.54 Å². The molecule has 0 radical (unpaired) electrons. The summed E-state index contributed by atoms with van der Waals surface area (Å²) >= 11 is 0. The minimum absolute atomic E-state index is 0.00208. The van der Waals surface area contributed by atoms with Gasteiger partial charge in [0.25, 0.3) is 0 Å². The molecule has 0 unspecified atom stereocenters. The fraction of sp³-hybridized carbons (Fsp3) is 0.533. The van der Waals surface area contributed by atoms with Gasteiger partial charge in [-0.2, -0.15) is 0 Å². The van der Waals surface area contributed by atoms with Crippen LogP contribution in [0.25, 0.3) is 0 Å². The van der Waals surface area contributed by atoms with E-state index in [-0.39, 0.29) is 11.3 Å². The van der Waals surface area contributed by atoms with Gasteiger partial charge in [-0.15, -0.1) is 0 Å². The van der Waals surface area contributed by atoms with Crippen molar-refractivity contribution in [3.63, 3.8) is 0 Å². The highest BCUT2D eigenvalue weighted by molar-refractivity contribution is 5.87. The maximum Gasteiger partial charge on any atom is 0.240 e. The van der Waals surface area contributed by atoms with Gasteiger partial charge in [0.2, 0.25) is 5.91 Å². The van der Waals surface area contributed by atoms with Gasteiger partial charge in [0.1, 0.15) is 0 Å². The van der Waals surface area contributed by atoms with Crippen molar-refractivity contribution in [2.45, 2.75) is 44.1 Å². The van der Waals surface area contributed by atoms with Gasteiger partial charge < -0.3 is 11.1 Å². The zero-order valence-electron chi connectivity index (χ0n) is 11.2. The lowest BCUT2D eigenvalue weighted by Gasteiger charge is -2.37. The first-order valence-corrected chi connectivity index (χ1v) is 6.57. The topological polar surface area (TPSA) is 55.1 Å². The van der Waals surface area contributed by atoms with Crippen LogP contribution >= 0.6 is 0 Å². The summed E-state index contributed by atoms with van der Waals surface area (Å²) in [7, 11) is 0. The van der Waals surface area contributed by atoms with Gasteiger partial charge in [0.05, 0.1) is 5.54 Å². The lowest BCUT2D eigenvalue weighted by Crippen LogP contribution is -2.59. The van der Waals surface area contributed by atoms with Crippen LogP contribution in [0.4, 0.5) is 0 Å². The second kappa shape index (κ2) is 4.73. The van der Waals surface area contributed by atoms with E-state index >= 15 is 0 Å². The van der Waals surface area contributed by atoms with Gasteiger partial charge in [0.15, 0.2) is 0 Å². The van der Waals surface area contributed by atoms with Crippen molar-refractivity contribution in [3.05, 3.63) is 35.9 Å². The van der Waals surface area contributed by atoms with Gasteiger partial charge in [-0.1, -0.05) is 44.2 Å². The minimum Gasteiger partial charge on any atom is -0.354 e. The molecule has 0 heterocycles. The highest BCUT2D eigenvalue weighted by atomic mass is 16.2. The molecule has 0 aromatic heterocycles. The summed E-state index contributed by atoms with van der Waals surface area (Å²) in [4.78, 5) is 12.0. The smallest absolute Gasteiger partial charge is 0.240 e. The third-order valence-corrected chi connectivity index (χ3v) is 3.94. The summed E-state index contributed by atoms with van der Waals surface area (Å²) in [5, 5.41) is 3.00. The van der Waals surface area contributed by atoms with Gasteiger partial charge in [-0.25, -0.2) is 0 Å². The Morgan fingerprint density at radius 2 is 1.94 bits per heavy atom. The van der Waals surface area contributed by atoms with Crippen LogP contribution in [0.2, 0.25) is 0 Å². The number of carbonyl (C=O) groups is 1. The maximum atomic E-state index is 12.0. The van der Waals surface area contributed by atoms with E-state index in [1.54, 1.807) is 0 Å². The molecule has 1 aromatic carbocycles. The van der Waals surface area contributed by atoms with Crippen molar-refractivity contribution >= 4 is 5.91 Å². The van der Waals surface area contributed by atoms with Crippen molar-refractivity contribution < 1.29 is 4.79 Å². The molecule has 3 N–H and O–H groups in total. The Balaban J connectivity index is 1.95. The molecule has 1 saturated carbocycles. The molecule has 0 atom stereocenters. The third kappa shape index (κ3) is 2.56. The summed E-state index contributed by atoms with van der Waals surface area (Å²) in [6, 6.07) is 10.2. The summed E-state index contributed by atoms with van der Waals surface area (Å²) in [6.45, 7) is 4.88. The van der Waals surface area contributed by atoms with Crippen molar-refractivity contribution in [1.82, 2.24) is 5.32 Å². The normalized spacial score (nSPS) is 17.9. The molecule has 3 heteroatoms. The molecule has 1 aliphatic carbocycles. The SMILES string of the molecule is CC(C)(CNC(=O)C1(N)CCC1)c1ccccc1. The number of hydrogen-bond donors (Lipinski definition) is 2. The molecular formula is C15H22N2O. The van der Waals surface area contributed by atoms with Gasteiger partial charge in [-0.05, 0) is 24.8 Å². The number of rotatable bonds is 4. The van der Waals surface area contributed by atoms with E-state index in [1.165, 1.54) is 5.56 Å². The minimum atomic E-state index is -0.604. The van der Waals surface area contributed by atoms with Gasteiger partial charge in [-0.3, -0.25) is 4.79 Å². The average molecular weight is 246 g/mol. The molecule has 18 heavy (non-hydrogen) atoms. The van der Waals surface area contributed by atoms with E-state index in [9.17, 15) is 4.79 Å².